The summed E-state index contributed by atoms with van der Waals surface area (Å²) in [5, 5.41) is 32.3. The van der Waals surface area contributed by atoms with E-state index in [1.807, 2.05) is 0 Å². The van der Waals surface area contributed by atoms with Crippen molar-refractivity contribution < 1.29 is 29.3 Å². The summed E-state index contributed by atoms with van der Waals surface area (Å²) in [6.07, 6.45) is 7.05. The minimum absolute atomic E-state index is 0.0583. The van der Waals surface area contributed by atoms with E-state index >= 15 is 0 Å². The molecule has 3 atom stereocenters. The average molecular weight is 591 g/mol. The standard InChI is InChI=1S/C32H38N4O7/c1-31(2,38)24-15-21-22(42-24)16-23-26(28(21)41-19-5-3-4-6-19)27(37)25-20(17-7-9-18(36-40)10-8-17)11-12-32(39,29(25)43-23)13-14-35-30(33)34/h7-12,16,19-20,24,36,38-40H,3-6,13-15H2,1-2H3,(H4,33,34,35)/t20-,24+,32-/m1/s1. The van der Waals surface area contributed by atoms with Crippen LogP contribution in [0.1, 0.15) is 74.3 Å². The highest BCUT2D eigenvalue weighted by Crippen LogP contribution is 2.47. The molecule has 0 radical (unpaired) electrons. The Bertz CT molecular complexity index is 1650. The van der Waals surface area contributed by atoms with Crippen molar-refractivity contribution in [1.29, 1.82) is 0 Å². The molecule has 11 nitrogen and oxygen atoms in total. The number of ether oxygens (including phenoxy) is 2. The number of guanidine groups is 1. The van der Waals surface area contributed by atoms with Crippen LogP contribution in [-0.2, 0) is 12.0 Å². The van der Waals surface area contributed by atoms with Gasteiger partial charge in [-0.1, -0.05) is 18.2 Å². The predicted molar refractivity (Wildman–Crippen MR) is 162 cm³/mol. The molecule has 2 heterocycles. The third-order valence-electron chi connectivity index (χ3n) is 8.72. The molecule has 0 saturated heterocycles. The van der Waals surface area contributed by atoms with Crippen LogP contribution < -0.4 is 31.8 Å². The second-order valence-electron chi connectivity index (χ2n) is 12.3. The normalized spacial score (nSPS) is 23.1. The highest BCUT2D eigenvalue weighted by atomic mass is 16.5. The molecule has 1 fully saturated rings. The fraction of sp³-hybridized carbons (Fsp3) is 0.438. The summed E-state index contributed by atoms with van der Waals surface area (Å²) < 4.78 is 19.3. The van der Waals surface area contributed by atoms with Gasteiger partial charge in [-0.15, -0.1) is 0 Å². The van der Waals surface area contributed by atoms with E-state index in [0.29, 0.717) is 23.6 Å². The van der Waals surface area contributed by atoms with Crippen LogP contribution >= 0.6 is 0 Å². The number of hydrogen-bond donors (Lipinski definition) is 6. The van der Waals surface area contributed by atoms with Crippen LogP contribution in [0.4, 0.5) is 5.69 Å². The highest BCUT2D eigenvalue weighted by Gasteiger charge is 2.43. The number of nitrogens with one attached hydrogen (secondary N) is 1. The number of fused-ring (bicyclic) bond motifs is 3. The number of nitrogens with two attached hydrogens (primary N) is 2. The maximum atomic E-state index is 14.7. The number of aliphatic imine (C=N–C) groups is 1. The first-order valence-corrected chi connectivity index (χ1v) is 14.7. The SMILES string of the molecule is CC(C)(O)[C@@H]1Cc2c(cc3oc4c(c(=O)c3c2OC2CCCC2)[C@@H](c2ccc(NO)cc2)C=C[C@@]4(O)CCN=C(N)N)O1. The molecule has 2 aromatic carbocycles. The zero-order chi connectivity index (χ0) is 30.5. The summed E-state index contributed by atoms with van der Waals surface area (Å²) in [5.41, 5.74) is 12.5. The maximum Gasteiger partial charge on any atom is 0.200 e. The molecule has 1 aromatic heterocycles. The second-order valence-corrected chi connectivity index (χ2v) is 12.3. The molecule has 8 N–H and O–H groups in total. The van der Waals surface area contributed by atoms with E-state index in [4.69, 9.17) is 25.4 Å². The topological polar surface area (TPSA) is 186 Å². The highest BCUT2D eigenvalue weighted by molar-refractivity contribution is 5.89. The van der Waals surface area contributed by atoms with Crippen LogP contribution in [0.25, 0.3) is 11.0 Å². The molecule has 0 amide bonds. The number of anilines is 1. The Morgan fingerprint density at radius 2 is 1.93 bits per heavy atom. The van der Waals surface area contributed by atoms with Crippen molar-refractivity contribution in [3.05, 3.63) is 75.2 Å². The van der Waals surface area contributed by atoms with Crippen LogP contribution in [0.3, 0.4) is 0 Å². The lowest BCUT2D eigenvalue weighted by molar-refractivity contribution is -0.0229. The number of aliphatic hydroxyl groups is 2. The van der Waals surface area contributed by atoms with Gasteiger partial charge in [0.1, 0.15) is 39.9 Å². The Hall–Kier alpha value is -4.06. The van der Waals surface area contributed by atoms with E-state index in [1.54, 1.807) is 56.3 Å². The lowest BCUT2D eigenvalue weighted by Gasteiger charge is -2.32. The fourth-order valence-corrected chi connectivity index (χ4v) is 6.35. The van der Waals surface area contributed by atoms with Crippen LogP contribution in [0.15, 0.2) is 56.7 Å². The maximum absolute atomic E-state index is 14.7. The van der Waals surface area contributed by atoms with Gasteiger partial charge in [-0.2, -0.15) is 0 Å². The van der Waals surface area contributed by atoms with E-state index in [9.17, 15) is 20.2 Å². The van der Waals surface area contributed by atoms with Gasteiger partial charge in [-0.25, -0.2) is 0 Å². The molecule has 1 saturated carbocycles. The van der Waals surface area contributed by atoms with Crippen molar-refractivity contribution in [3.63, 3.8) is 0 Å². The third-order valence-corrected chi connectivity index (χ3v) is 8.72. The minimum Gasteiger partial charge on any atom is -0.489 e. The first-order valence-electron chi connectivity index (χ1n) is 14.7. The molecule has 0 bridgehead atoms. The van der Waals surface area contributed by atoms with E-state index in [1.165, 1.54) is 0 Å². The molecule has 228 valence electrons. The number of allylic oxidation sites excluding steroid dienone is 1. The summed E-state index contributed by atoms with van der Waals surface area (Å²) in [7, 11) is 0. The second kappa shape index (κ2) is 10.9. The monoisotopic (exact) mass is 590 g/mol. The van der Waals surface area contributed by atoms with E-state index < -0.39 is 23.2 Å². The molecule has 1 aliphatic heterocycles. The van der Waals surface area contributed by atoms with Gasteiger partial charge in [0.15, 0.2) is 5.96 Å². The van der Waals surface area contributed by atoms with Crippen molar-refractivity contribution in [2.24, 2.45) is 16.5 Å². The van der Waals surface area contributed by atoms with Gasteiger partial charge in [0.05, 0.1) is 23.0 Å². The average Bonchev–Trinajstić information content (AvgIpc) is 3.64. The van der Waals surface area contributed by atoms with Gasteiger partial charge in [-0.3, -0.25) is 20.5 Å². The van der Waals surface area contributed by atoms with Crippen molar-refractivity contribution in [2.45, 2.75) is 81.7 Å². The molecule has 0 spiro atoms. The summed E-state index contributed by atoms with van der Waals surface area (Å²) in [6, 6.07) is 8.64. The fourth-order valence-electron chi connectivity index (χ4n) is 6.35. The number of nitrogens with zero attached hydrogens (tertiary/aromatic N) is 1. The number of hydrogen-bond acceptors (Lipinski definition) is 9. The molecule has 2 aliphatic carbocycles. The largest absolute Gasteiger partial charge is 0.489 e. The molecular formula is C32H38N4O7. The molecule has 11 heteroatoms. The van der Waals surface area contributed by atoms with Crippen LogP contribution in [0, 0.1) is 0 Å². The predicted octanol–water partition coefficient (Wildman–Crippen LogP) is 3.54. The van der Waals surface area contributed by atoms with Crippen molar-refractivity contribution in [3.8, 4) is 11.5 Å². The molecule has 3 aromatic rings. The quantitative estimate of drug-likeness (QED) is 0.0981. The zero-order valence-corrected chi connectivity index (χ0v) is 24.3. The Kier molecular flexibility index (Phi) is 7.35. The summed E-state index contributed by atoms with van der Waals surface area (Å²) in [4.78, 5) is 18.8. The minimum atomic E-state index is -1.67. The Labute approximate surface area is 248 Å². The summed E-state index contributed by atoms with van der Waals surface area (Å²) in [5.74, 6) is 0.326. The van der Waals surface area contributed by atoms with Gasteiger partial charge < -0.3 is 35.6 Å². The Morgan fingerprint density at radius 1 is 1.21 bits per heavy atom. The zero-order valence-electron chi connectivity index (χ0n) is 24.3. The smallest absolute Gasteiger partial charge is 0.200 e. The lowest BCUT2D eigenvalue weighted by Crippen LogP contribution is -2.39. The summed E-state index contributed by atoms with van der Waals surface area (Å²) >= 11 is 0. The lowest BCUT2D eigenvalue weighted by atomic mass is 9.78. The Morgan fingerprint density at radius 3 is 2.58 bits per heavy atom. The van der Waals surface area contributed by atoms with E-state index in [0.717, 1.165) is 36.8 Å². The first-order chi connectivity index (χ1) is 20.5. The molecule has 43 heavy (non-hydrogen) atoms. The van der Waals surface area contributed by atoms with Crippen LogP contribution in [0.2, 0.25) is 0 Å². The van der Waals surface area contributed by atoms with Crippen LogP contribution in [-0.4, -0.2) is 45.7 Å². The van der Waals surface area contributed by atoms with Crippen molar-refractivity contribution >= 4 is 22.6 Å². The van der Waals surface area contributed by atoms with Crippen molar-refractivity contribution in [2.75, 3.05) is 12.0 Å². The van der Waals surface area contributed by atoms with Gasteiger partial charge in [-0.05, 0) is 63.3 Å². The van der Waals surface area contributed by atoms with E-state index in [2.05, 4.69) is 10.5 Å². The molecule has 0 unspecified atom stereocenters. The number of benzene rings is 2. The molecule has 3 aliphatic rings. The number of rotatable bonds is 8. The third kappa shape index (κ3) is 5.32. The van der Waals surface area contributed by atoms with Gasteiger partial charge in [0.25, 0.3) is 0 Å². The van der Waals surface area contributed by atoms with Gasteiger partial charge >= 0.3 is 0 Å². The first kappa shape index (κ1) is 29.0. The van der Waals surface area contributed by atoms with Crippen LogP contribution in [0.5, 0.6) is 11.5 Å². The summed E-state index contributed by atoms with van der Waals surface area (Å²) in [6.45, 7) is 3.48. The Balaban J connectivity index is 1.58. The van der Waals surface area contributed by atoms with Gasteiger partial charge in [0, 0.05) is 36.9 Å². The molecular weight excluding hydrogens is 552 g/mol. The van der Waals surface area contributed by atoms with E-state index in [-0.39, 0.29) is 52.8 Å². The molecule has 6 rings (SSSR count). The van der Waals surface area contributed by atoms with Crippen molar-refractivity contribution in [1.82, 2.24) is 0 Å². The van der Waals surface area contributed by atoms with Gasteiger partial charge in [0.2, 0.25) is 5.43 Å².